The van der Waals surface area contributed by atoms with Crippen LogP contribution in [0.4, 0.5) is 0 Å². The second-order valence-corrected chi connectivity index (χ2v) is 9.11. The SMILES string of the molecule is C1=CC2c3c(C4CCC(CNC56CC(C5)C6)CC4)nnn3CNC2N1. The van der Waals surface area contributed by atoms with Crippen LogP contribution in [0.15, 0.2) is 12.3 Å². The molecule has 4 saturated carbocycles. The Morgan fingerprint density at radius 2 is 2.04 bits per heavy atom. The molecular weight excluding hydrogens is 312 g/mol. The molecule has 2 unspecified atom stereocenters. The molecule has 6 nitrogen and oxygen atoms in total. The molecule has 2 bridgehead atoms. The third kappa shape index (κ3) is 2.23. The van der Waals surface area contributed by atoms with Crippen molar-refractivity contribution in [3.05, 3.63) is 23.7 Å². The quantitative estimate of drug-likeness (QED) is 0.780. The van der Waals surface area contributed by atoms with E-state index in [4.69, 9.17) is 0 Å². The van der Waals surface area contributed by atoms with E-state index >= 15 is 0 Å². The van der Waals surface area contributed by atoms with Gasteiger partial charge in [-0.05, 0) is 69.5 Å². The second-order valence-electron chi connectivity index (χ2n) is 9.11. The fourth-order valence-corrected chi connectivity index (χ4v) is 5.88. The highest BCUT2D eigenvalue weighted by molar-refractivity contribution is 5.30. The van der Waals surface area contributed by atoms with E-state index in [1.54, 1.807) is 0 Å². The van der Waals surface area contributed by atoms with E-state index in [1.807, 2.05) is 0 Å². The summed E-state index contributed by atoms with van der Waals surface area (Å²) < 4.78 is 2.07. The zero-order valence-electron chi connectivity index (χ0n) is 14.7. The van der Waals surface area contributed by atoms with Crippen molar-refractivity contribution in [1.82, 2.24) is 30.9 Å². The number of rotatable bonds is 4. The molecular formula is C19H28N6. The summed E-state index contributed by atoms with van der Waals surface area (Å²) in [5.41, 5.74) is 3.20. The lowest BCUT2D eigenvalue weighted by molar-refractivity contribution is -0.0537. The molecule has 4 aliphatic carbocycles. The fourth-order valence-electron chi connectivity index (χ4n) is 5.88. The molecule has 2 atom stereocenters. The first kappa shape index (κ1) is 14.7. The Morgan fingerprint density at radius 1 is 1.20 bits per heavy atom. The first-order valence-corrected chi connectivity index (χ1v) is 10.1. The first-order valence-electron chi connectivity index (χ1n) is 10.1. The zero-order chi connectivity index (χ0) is 16.4. The summed E-state index contributed by atoms with van der Waals surface area (Å²) in [5.74, 6) is 2.91. The van der Waals surface area contributed by atoms with Gasteiger partial charge in [0.1, 0.15) is 0 Å². The van der Waals surface area contributed by atoms with Gasteiger partial charge in [-0.25, -0.2) is 4.68 Å². The number of aromatic nitrogens is 3. The van der Waals surface area contributed by atoms with Gasteiger partial charge in [0.2, 0.25) is 0 Å². The van der Waals surface area contributed by atoms with Crippen molar-refractivity contribution in [3.63, 3.8) is 0 Å². The van der Waals surface area contributed by atoms with Gasteiger partial charge in [-0.3, -0.25) is 5.32 Å². The lowest BCUT2D eigenvalue weighted by Gasteiger charge is -2.62. The average molecular weight is 340 g/mol. The monoisotopic (exact) mass is 340 g/mol. The zero-order valence-corrected chi connectivity index (χ0v) is 14.7. The maximum Gasteiger partial charge on any atom is 0.0941 e. The average Bonchev–Trinajstić information content (AvgIpc) is 3.18. The Bertz CT molecular complexity index is 684. The Labute approximate surface area is 148 Å². The van der Waals surface area contributed by atoms with Crippen molar-refractivity contribution in [2.75, 3.05) is 6.54 Å². The fraction of sp³-hybridized carbons (Fsp3) is 0.789. The predicted molar refractivity (Wildman–Crippen MR) is 94.7 cm³/mol. The number of nitrogens with one attached hydrogen (secondary N) is 3. The van der Waals surface area contributed by atoms with Crippen LogP contribution in [0, 0.1) is 11.8 Å². The van der Waals surface area contributed by atoms with Gasteiger partial charge >= 0.3 is 0 Å². The van der Waals surface area contributed by atoms with Gasteiger partial charge in [-0.2, -0.15) is 0 Å². The van der Waals surface area contributed by atoms with Crippen LogP contribution in [-0.2, 0) is 6.67 Å². The first-order chi connectivity index (χ1) is 12.3. The van der Waals surface area contributed by atoms with Crippen molar-refractivity contribution >= 4 is 0 Å². The van der Waals surface area contributed by atoms with E-state index in [-0.39, 0.29) is 0 Å². The van der Waals surface area contributed by atoms with Crippen molar-refractivity contribution in [2.24, 2.45) is 11.8 Å². The van der Waals surface area contributed by atoms with Crippen LogP contribution >= 0.6 is 0 Å². The van der Waals surface area contributed by atoms with E-state index in [0.29, 0.717) is 23.5 Å². The van der Waals surface area contributed by atoms with Crippen LogP contribution in [-0.4, -0.2) is 33.2 Å². The Balaban J connectivity index is 1.12. The molecule has 1 aromatic rings. The van der Waals surface area contributed by atoms with Crippen molar-refractivity contribution < 1.29 is 0 Å². The summed E-state index contributed by atoms with van der Waals surface area (Å²) in [5, 5.41) is 19.8. The van der Waals surface area contributed by atoms with Gasteiger partial charge in [0.05, 0.1) is 30.1 Å². The van der Waals surface area contributed by atoms with Crippen molar-refractivity contribution in [3.8, 4) is 0 Å². The molecule has 2 aliphatic heterocycles. The van der Waals surface area contributed by atoms with E-state index in [1.165, 1.54) is 62.9 Å². The molecule has 134 valence electrons. The highest BCUT2D eigenvalue weighted by Gasteiger charge is 2.56. The lowest BCUT2D eigenvalue weighted by atomic mass is 9.50. The molecule has 6 aliphatic rings. The van der Waals surface area contributed by atoms with Gasteiger partial charge in [0, 0.05) is 11.5 Å². The maximum absolute atomic E-state index is 4.62. The van der Waals surface area contributed by atoms with Gasteiger partial charge in [-0.15, -0.1) is 5.10 Å². The molecule has 3 N–H and O–H groups in total. The molecule has 1 aromatic heterocycles. The summed E-state index contributed by atoms with van der Waals surface area (Å²) in [6.45, 7) is 2.00. The minimum atomic E-state index is 0.318. The summed E-state index contributed by atoms with van der Waals surface area (Å²) in [4.78, 5) is 0. The Hall–Kier alpha value is -1.40. The smallest absolute Gasteiger partial charge is 0.0941 e. The topological polar surface area (TPSA) is 66.8 Å². The minimum Gasteiger partial charge on any atom is -0.375 e. The molecule has 0 amide bonds. The minimum absolute atomic E-state index is 0.318. The summed E-state index contributed by atoms with van der Waals surface area (Å²) in [6.07, 6.45) is 14.2. The highest BCUT2D eigenvalue weighted by atomic mass is 15.5. The molecule has 6 heteroatoms. The van der Waals surface area contributed by atoms with Crippen molar-refractivity contribution in [1.29, 1.82) is 0 Å². The summed E-state index contributed by atoms with van der Waals surface area (Å²) in [7, 11) is 0. The van der Waals surface area contributed by atoms with Gasteiger partial charge in [0.15, 0.2) is 0 Å². The number of fused-ring (bicyclic) bond motifs is 3. The van der Waals surface area contributed by atoms with Crippen LogP contribution in [0.1, 0.15) is 68.2 Å². The van der Waals surface area contributed by atoms with Gasteiger partial charge < -0.3 is 10.6 Å². The lowest BCUT2D eigenvalue weighted by Crippen LogP contribution is -2.67. The molecule has 0 aromatic carbocycles. The van der Waals surface area contributed by atoms with E-state index in [9.17, 15) is 0 Å². The largest absolute Gasteiger partial charge is 0.375 e. The van der Waals surface area contributed by atoms with Gasteiger partial charge in [0.25, 0.3) is 0 Å². The maximum atomic E-state index is 4.62. The van der Waals surface area contributed by atoms with Crippen LogP contribution in [0.2, 0.25) is 0 Å². The van der Waals surface area contributed by atoms with E-state index in [0.717, 1.165) is 18.5 Å². The Morgan fingerprint density at radius 3 is 2.80 bits per heavy atom. The van der Waals surface area contributed by atoms with Crippen LogP contribution in [0.3, 0.4) is 0 Å². The summed E-state index contributed by atoms with van der Waals surface area (Å²) >= 11 is 0. The second kappa shape index (κ2) is 5.30. The third-order valence-electron chi connectivity index (χ3n) is 7.55. The Kier molecular flexibility index (Phi) is 3.12. The standard InChI is InChI=1S/C19H28N6/c1-3-14(4-2-12(1)10-22-19-7-13(8-19)9-19)16-17-15-5-6-20-18(15)21-11-25(17)24-23-16/h5-6,12-15,18,20-22H,1-4,7-11H2. The molecule has 4 fully saturated rings. The third-order valence-corrected chi connectivity index (χ3v) is 7.55. The molecule has 25 heavy (non-hydrogen) atoms. The summed E-state index contributed by atoms with van der Waals surface area (Å²) in [6, 6.07) is 0. The van der Waals surface area contributed by atoms with E-state index < -0.39 is 0 Å². The molecule has 0 radical (unpaired) electrons. The molecule has 0 spiro atoms. The number of hydrogen-bond donors (Lipinski definition) is 3. The van der Waals surface area contributed by atoms with Crippen LogP contribution < -0.4 is 16.0 Å². The predicted octanol–water partition coefficient (Wildman–Crippen LogP) is 1.78. The van der Waals surface area contributed by atoms with Gasteiger partial charge in [-0.1, -0.05) is 11.3 Å². The van der Waals surface area contributed by atoms with Crippen LogP contribution in [0.25, 0.3) is 0 Å². The number of nitrogens with zero attached hydrogens (tertiary/aromatic N) is 3. The normalized spacial score (nSPS) is 43.6. The van der Waals surface area contributed by atoms with Crippen molar-refractivity contribution in [2.45, 2.75) is 75.2 Å². The highest BCUT2D eigenvalue weighted by Crippen LogP contribution is 2.57. The molecule has 7 rings (SSSR count). The number of hydrogen-bond acceptors (Lipinski definition) is 5. The van der Waals surface area contributed by atoms with E-state index in [2.05, 4.69) is 43.2 Å². The molecule has 0 saturated heterocycles. The molecule has 3 heterocycles. The van der Waals surface area contributed by atoms with Crippen LogP contribution in [0.5, 0.6) is 0 Å².